The third kappa shape index (κ3) is 5.50. The number of hydrogen-bond donors (Lipinski definition) is 2. The number of nitrogens with two attached hydrogens (primary N) is 2. The van der Waals surface area contributed by atoms with E-state index in [0.29, 0.717) is 0 Å². The lowest BCUT2D eigenvalue weighted by Gasteiger charge is -1.82. The highest BCUT2D eigenvalue weighted by molar-refractivity contribution is 5.85. The molecule has 58 valence electrons. The molecule has 0 aliphatic rings. The molecular formula is C6H12ClN3. The van der Waals surface area contributed by atoms with E-state index in [0.717, 1.165) is 5.69 Å². The van der Waals surface area contributed by atoms with Crippen LogP contribution in [0.2, 0.25) is 0 Å². The maximum absolute atomic E-state index is 4.00. The van der Waals surface area contributed by atoms with Crippen molar-refractivity contribution < 1.29 is 0 Å². The summed E-state index contributed by atoms with van der Waals surface area (Å²) < 4.78 is 0. The van der Waals surface area contributed by atoms with Crippen molar-refractivity contribution in [3.8, 4) is 0 Å². The number of nitrogens with zero attached hydrogens (tertiary/aromatic N) is 1. The van der Waals surface area contributed by atoms with Crippen LogP contribution in [0.1, 0.15) is 5.69 Å². The Bertz CT molecular complexity index is 143. The van der Waals surface area contributed by atoms with Crippen LogP contribution in [0.4, 0.5) is 0 Å². The SMILES string of the molecule is Cc1ccccn1.Cl.NN. The van der Waals surface area contributed by atoms with Gasteiger partial charge in [-0.2, -0.15) is 0 Å². The van der Waals surface area contributed by atoms with E-state index in [1.165, 1.54) is 0 Å². The molecule has 4 N–H and O–H groups in total. The van der Waals surface area contributed by atoms with Crippen LogP contribution < -0.4 is 11.7 Å². The van der Waals surface area contributed by atoms with Gasteiger partial charge in [-0.05, 0) is 19.1 Å². The van der Waals surface area contributed by atoms with Gasteiger partial charge in [-0.3, -0.25) is 16.7 Å². The van der Waals surface area contributed by atoms with Gasteiger partial charge in [-0.1, -0.05) is 6.07 Å². The summed E-state index contributed by atoms with van der Waals surface area (Å²) in [6, 6.07) is 5.86. The summed E-state index contributed by atoms with van der Waals surface area (Å²) in [5, 5.41) is 0. The van der Waals surface area contributed by atoms with E-state index < -0.39 is 0 Å². The lowest BCUT2D eigenvalue weighted by molar-refractivity contribution is 1.20. The molecule has 0 spiro atoms. The van der Waals surface area contributed by atoms with Gasteiger partial charge in [0.25, 0.3) is 0 Å². The van der Waals surface area contributed by atoms with Gasteiger partial charge in [-0.15, -0.1) is 12.4 Å². The molecule has 4 heteroatoms. The highest BCUT2D eigenvalue weighted by Gasteiger charge is 1.73. The zero-order valence-corrected chi connectivity index (χ0v) is 6.64. The van der Waals surface area contributed by atoms with E-state index in [9.17, 15) is 0 Å². The molecule has 3 nitrogen and oxygen atoms in total. The van der Waals surface area contributed by atoms with Crippen LogP contribution in [0.25, 0.3) is 0 Å². The van der Waals surface area contributed by atoms with Gasteiger partial charge in [0.15, 0.2) is 0 Å². The van der Waals surface area contributed by atoms with Crippen molar-refractivity contribution in [1.29, 1.82) is 0 Å². The Hall–Kier alpha value is -0.640. The van der Waals surface area contributed by atoms with Crippen LogP contribution >= 0.6 is 12.4 Å². The van der Waals surface area contributed by atoms with Gasteiger partial charge in [0.05, 0.1) is 0 Å². The molecule has 1 rings (SSSR count). The number of aryl methyl sites for hydroxylation is 1. The van der Waals surface area contributed by atoms with E-state index in [1.807, 2.05) is 25.1 Å². The lowest BCUT2D eigenvalue weighted by Crippen LogP contribution is -2.02. The van der Waals surface area contributed by atoms with Gasteiger partial charge in [-0.25, -0.2) is 0 Å². The molecule has 0 unspecified atom stereocenters. The summed E-state index contributed by atoms with van der Waals surface area (Å²) in [4.78, 5) is 3.98. The third-order valence-electron chi connectivity index (χ3n) is 0.813. The standard InChI is InChI=1S/C6H7N.ClH.H4N2/c1-6-4-2-3-5-7-6;;1-2/h2-5H,1H3;1H;1-2H2. The van der Waals surface area contributed by atoms with Gasteiger partial charge in [0.2, 0.25) is 0 Å². The monoisotopic (exact) mass is 161 g/mol. The molecule has 0 atom stereocenters. The maximum Gasteiger partial charge on any atom is 0.0372 e. The fourth-order valence-electron chi connectivity index (χ4n) is 0.448. The van der Waals surface area contributed by atoms with Gasteiger partial charge in [0, 0.05) is 11.9 Å². The Morgan fingerprint density at radius 1 is 1.30 bits per heavy atom. The van der Waals surface area contributed by atoms with Crippen molar-refractivity contribution in [3.63, 3.8) is 0 Å². The Kier molecular flexibility index (Phi) is 10.1. The van der Waals surface area contributed by atoms with Crippen molar-refractivity contribution >= 4 is 12.4 Å². The molecule has 1 heterocycles. The minimum absolute atomic E-state index is 0. The second kappa shape index (κ2) is 8.36. The molecule has 1 aromatic rings. The molecule has 0 aliphatic heterocycles. The quantitative estimate of drug-likeness (QED) is 0.433. The third-order valence-corrected chi connectivity index (χ3v) is 0.813. The van der Waals surface area contributed by atoms with Crippen LogP contribution in [-0.2, 0) is 0 Å². The van der Waals surface area contributed by atoms with Gasteiger partial charge < -0.3 is 0 Å². The second-order valence-corrected chi connectivity index (χ2v) is 1.47. The topological polar surface area (TPSA) is 64.9 Å². The van der Waals surface area contributed by atoms with E-state index >= 15 is 0 Å². The average Bonchev–Trinajstić information content (AvgIpc) is 1.94. The number of hydrazine groups is 1. The Labute approximate surface area is 66.8 Å². The van der Waals surface area contributed by atoms with Crippen molar-refractivity contribution in [3.05, 3.63) is 30.1 Å². The number of rotatable bonds is 0. The van der Waals surface area contributed by atoms with Gasteiger partial charge in [0.1, 0.15) is 0 Å². The Balaban J connectivity index is 0. The van der Waals surface area contributed by atoms with Crippen LogP contribution in [0.15, 0.2) is 24.4 Å². The van der Waals surface area contributed by atoms with E-state index in [1.54, 1.807) is 6.20 Å². The van der Waals surface area contributed by atoms with Crippen molar-refractivity contribution in [2.45, 2.75) is 6.92 Å². The first-order valence-corrected chi connectivity index (χ1v) is 2.60. The predicted octanol–water partition coefficient (Wildman–Crippen LogP) is 0.631. The average molecular weight is 162 g/mol. The lowest BCUT2D eigenvalue weighted by atomic mass is 10.4. The molecule has 0 radical (unpaired) electrons. The van der Waals surface area contributed by atoms with E-state index in [4.69, 9.17) is 0 Å². The van der Waals surface area contributed by atoms with E-state index in [2.05, 4.69) is 16.7 Å². The zero-order chi connectivity index (χ0) is 7.11. The molecule has 10 heavy (non-hydrogen) atoms. The Morgan fingerprint density at radius 2 is 1.90 bits per heavy atom. The molecule has 0 saturated carbocycles. The summed E-state index contributed by atoms with van der Waals surface area (Å²) in [6.45, 7) is 1.97. The van der Waals surface area contributed by atoms with Crippen molar-refractivity contribution in [2.75, 3.05) is 0 Å². The molecule has 0 amide bonds. The first kappa shape index (κ1) is 12.1. The number of aromatic nitrogens is 1. The summed E-state index contributed by atoms with van der Waals surface area (Å²) in [5.74, 6) is 8.00. The zero-order valence-electron chi connectivity index (χ0n) is 5.82. The summed E-state index contributed by atoms with van der Waals surface area (Å²) in [5.41, 5.74) is 1.07. The first-order valence-electron chi connectivity index (χ1n) is 2.60. The molecule has 0 fully saturated rings. The molecule has 0 aliphatic carbocycles. The highest BCUT2D eigenvalue weighted by Crippen LogP contribution is 1.85. The molecular weight excluding hydrogens is 150 g/mol. The number of hydrogen-bond acceptors (Lipinski definition) is 3. The number of pyridine rings is 1. The van der Waals surface area contributed by atoms with Crippen LogP contribution in [0, 0.1) is 6.92 Å². The number of halogens is 1. The highest BCUT2D eigenvalue weighted by atomic mass is 35.5. The molecule has 0 saturated heterocycles. The smallest absolute Gasteiger partial charge is 0.0372 e. The molecule has 1 aromatic heterocycles. The minimum Gasteiger partial charge on any atom is -0.274 e. The normalized spacial score (nSPS) is 6.70. The predicted molar refractivity (Wildman–Crippen MR) is 44.6 cm³/mol. The largest absolute Gasteiger partial charge is 0.274 e. The summed E-state index contributed by atoms with van der Waals surface area (Å²) in [7, 11) is 0. The fraction of sp³-hybridized carbons (Fsp3) is 0.167. The summed E-state index contributed by atoms with van der Waals surface area (Å²) in [6.07, 6.45) is 1.79. The van der Waals surface area contributed by atoms with Crippen molar-refractivity contribution in [1.82, 2.24) is 4.98 Å². The van der Waals surface area contributed by atoms with Crippen LogP contribution in [0.3, 0.4) is 0 Å². The summed E-state index contributed by atoms with van der Waals surface area (Å²) >= 11 is 0. The molecule has 0 bridgehead atoms. The maximum atomic E-state index is 4.00. The Morgan fingerprint density at radius 3 is 2.10 bits per heavy atom. The van der Waals surface area contributed by atoms with Crippen LogP contribution in [0.5, 0.6) is 0 Å². The van der Waals surface area contributed by atoms with E-state index in [-0.39, 0.29) is 12.4 Å². The fourth-order valence-corrected chi connectivity index (χ4v) is 0.448. The van der Waals surface area contributed by atoms with Crippen LogP contribution in [-0.4, -0.2) is 4.98 Å². The van der Waals surface area contributed by atoms with Crippen molar-refractivity contribution in [2.24, 2.45) is 11.7 Å². The minimum atomic E-state index is 0. The first-order chi connectivity index (χ1) is 4.39. The second-order valence-electron chi connectivity index (χ2n) is 1.47. The van der Waals surface area contributed by atoms with Gasteiger partial charge >= 0.3 is 0 Å². The molecule has 0 aromatic carbocycles.